The number of amides is 3. The number of carbonyl (C=O) groups excluding carboxylic acids is 3. The van der Waals surface area contributed by atoms with E-state index in [0.29, 0.717) is 18.1 Å². The summed E-state index contributed by atoms with van der Waals surface area (Å²) in [6.07, 6.45) is 3.91. The van der Waals surface area contributed by atoms with Gasteiger partial charge in [0.2, 0.25) is 11.8 Å². The van der Waals surface area contributed by atoms with Gasteiger partial charge in [-0.1, -0.05) is 13.0 Å². The highest BCUT2D eigenvalue weighted by atomic mass is 19.1. The van der Waals surface area contributed by atoms with Crippen molar-refractivity contribution in [3.63, 3.8) is 0 Å². The largest absolute Gasteiger partial charge is 0.384 e. The third-order valence-electron chi connectivity index (χ3n) is 7.10. The number of nitrogens with two attached hydrogens (primary N) is 1. The number of aryl methyl sites for hydroxylation is 2. The number of likely N-dealkylation sites (N-methyl/N-ethyl adjacent to an activating group) is 1. The number of rotatable bonds is 8. The molecule has 0 bridgehead atoms. The fraction of sp³-hybridized carbons (Fsp3) is 0.370. The Kier molecular flexibility index (Phi) is 7.37. The molecule has 1 aliphatic rings. The summed E-state index contributed by atoms with van der Waals surface area (Å²) in [4.78, 5) is 47.0. The summed E-state index contributed by atoms with van der Waals surface area (Å²) in [5, 5.41) is 4.11. The molecular weight excluding hydrogens is 475 g/mol. The number of nitrogens with zero attached hydrogens (tertiary/aromatic N) is 5. The highest BCUT2D eigenvalue weighted by Crippen LogP contribution is 2.36. The zero-order chi connectivity index (χ0) is 26.9. The highest BCUT2D eigenvalue weighted by Gasteiger charge is 2.55. The van der Waals surface area contributed by atoms with Crippen LogP contribution in [0.5, 0.6) is 0 Å². The highest BCUT2D eigenvalue weighted by molar-refractivity contribution is 6.12. The van der Waals surface area contributed by atoms with Gasteiger partial charge >= 0.3 is 0 Å². The molecule has 4 rings (SSSR count). The third kappa shape index (κ3) is 5.09. The molecule has 2 aromatic heterocycles. The molecule has 1 aliphatic heterocycles. The molecular formula is C27H31FN6O3. The maximum Gasteiger partial charge on any atom is 0.252 e. The van der Waals surface area contributed by atoms with Gasteiger partial charge in [-0.3, -0.25) is 28.9 Å². The molecule has 3 amide bonds. The Morgan fingerprint density at radius 2 is 1.95 bits per heavy atom. The Morgan fingerprint density at radius 1 is 1.19 bits per heavy atom. The van der Waals surface area contributed by atoms with E-state index in [-0.39, 0.29) is 24.6 Å². The lowest BCUT2D eigenvalue weighted by Gasteiger charge is -2.46. The summed E-state index contributed by atoms with van der Waals surface area (Å²) in [7, 11) is 3.30. The first-order valence-electron chi connectivity index (χ1n) is 12.2. The molecule has 0 saturated carbocycles. The summed E-state index contributed by atoms with van der Waals surface area (Å²) >= 11 is 0. The average Bonchev–Trinajstić information content (AvgIpc) is 3.30. The molecule has 0 spiro atoms. The Labute approximate surface area is 215 Å². The minimum atomic E-state index is -0.986. The molecule has 1 saturated heterocycles. The van der Waals surface area contributed by atoms with Crippen LogP contribution in [0.1, 0.15) is 42.4 Å². The number of benzene rings is 1. The molecule has 1 aromatic carbocycles. The molecule has 2 N–H and O–H groups in total. The molecule has 10 heteroatoms. The lowest BCUT2D eigenvalue weighted by Crippen LogP contribution is -2.69. The van der Waals surface area contributed by atoms with E-state index in [1.807, 2.05) is 13.8 Å². The van der Waals surface area contributed by atoms with Crippen molar-refractivity contribution in [2.24, 2.45) is 13.0 Å². The third-order valence-corrected chi connectivity index (χ3v) is 7.10. The zero-order valence-corrected chi connectivity index (χ0v) is 21.4. The minimum Gasteiger partial charge on any atom is -0.384 e. The Hall–Kier alpha value is -4.08. The number of hydrogen-bond acceptors (Lipinski definition) is 6. The van der Waals surface area contributed by atoms with E-state index >= 15 is 0 Å². The van der Waals surface area contributed by atoms with Crippen LogP contribution < -0.4 is 10.6 Å². The fourth-order valence-corrected chi connectivity index (χ4v) is 5.03. The van der Waals surface area contributed by atoms with E-state index in [2.05, 4.69) is 10.1 Å². The zero-order valence-electron chi connectivity index (χ0n) is 21.4. The molecule has 3 aromatic rings. The van der Waals surface area contributed by atoms with Crippen LogP contribution in [0.15, 0.2) is 48.8 Å². The monoisotopic (exact) mass is 506 g/mol. The van der Waals surface area contributed by atoms with Gasteiger partial charge in [-0.2, -0.15) is 5.10 Å². The number of anilines is 2. The first-order valence-corrected chi connectivity index (χ1v) is 12.2. The van der Waals surface area contributed by atoms with Crippen LogP contribution in [0.2, 0.25) is 0 Å². The maximum absolute atomic E-state index is 14.0. The second-order valence-electron chi connectivity index (χ2n) is 9.47. The van der Waals surface area contributed by atoms with Gasteiger partial charge in [-0.15, -0.1) is 0 Å². The van der Waals surface area contributed by atoms with Gasteiger partial charge < -0.3 is 5.73 Å². The van der Waals surface area contributed by atoms with E-state index < -0.39 is 29.7 Å². The van der Waals surface area contributed by atoms with Crippen molar-refractivity contribution in [1.29, 1.82) is 0 Å². The van der Waals surface area contributed by atoms with Crippen LogP contribution in [-0.2, 0) is 27.9 Å². The Balaban J connectivity index is 1.62. The van der Waals surface area contributed by atoms with Crippen LogP contribution >= 0.6 is 0 Å². The van der Waals surface area contributed by atoms with Gasteiger partial charge in [0.05, 0.1) is 12.1 Å². The van der Waals surface area contributed by atoms with Crippen molar-refractivity contribution in [3.8, 4) is 0 Å². The summed E-state index contributed by atoms with van der Waals surface area (Å²) in [6.45, 7) is 3.78. The van der Waals surface area contributed by atoms with Crippen molar-refractivity contribution in [3.05, 3.63) is 71.3 Å². The van der Waals surface area contributed by atoms with E-state index in [4.69, 9.17) is 5.73 Å². The molecule has 37 heavy (non-hydrogen) atoms. The normalized spacial score (nSPS) is 17.9. The fourth-order valence-electron chi connectivity index (χ4n) is 5.03. The van der Waals surface area contributed by atoms with Gasteiger partial charge in [0, 0.05) is 32.8 Å². The molecule has 3 atom stereocenters. The molecule has 9 nitrogen and oxygen atoms in total. The molecule has 3 heterocycles. The van der Waals surface area contributed by atoms with E-state index in [9.17, 15) is 18.8 Å². The van der Waals surface area contributed by atoms with Gasteiger partial charge in [0.15, 0.2) is 0 Å². The first-order chi connectivity index (χ1) is 17.6. The van der Waals surface area contributed by atoms with E-state index in [0.717, 1.165) is 21.6 Å². The summed E-state index contributed by atoms with van der Waals surface area (Å²) in [5.41, 5.74) is 8.15. The molecule has 194 valence electrons. The standard InChI is InChI=1S/C27H31FN6O3/c1-5-18(20-15-19(28)7-6-16(20)2)14-24(35)34-25(27(37)32(3)23-9-11-31-33(23)4)21(26(34)36)12-17-8-10-30-22(29)13-17/h6-11,13,15,18,21,25H,5,12,14H2,1-4H3,(H2,29,30)/t18-,21+,25-/m0/s1. The topological polar surface area (TPSA) is 114 Å². The number of carbonyl (C=O) groups is 3. The second-order valence-corrected chi connectivity index (χ2v) is 9.47. The van der Waals surface area contributed by atoms with E-state index in [1.165, 1.54) is 17.0 Å². The summed E-state index contributed by atoms with van der Waals surface area (Å²) < 4.78 is 15.5. The number of imide groups is 1. The van der Waals surface area contributed by atoms with Crippen LogP contribution in [0, 0.1) is 18.7 Å². The van der Waals surface area contributed by atoms with Gasteiger partial charge in [-0.25, -0.2) is 9.37 Å². The number of aromatic nitrogens is 3. The van der Waals surface area contributed by atoms with Crippen LogP contribution in [0.3, 0.4) is 0 Å². The average molecular weight is 507 g/mol. The van der Waals surface area contributed by atoms with Gasteiger partial charge in [0.25, 0.3) is 5.91 Å². The van der Waals surface area contributed by atoms with Crippen molar-refractivity contribution in [2.75, 3.05) is 17.7 Å². The maximum atomic E-state index is 14.0. The van der Waals surface area contributed by atoms with Crippen LogP contribution in [-0.4, -0.2) is 50.5 Å². The molecule has 1 fully saturated rings. The van der Waals surface area contributed by atoms with Crippen molar-refractivity contribution in [1.82, 2.24) is 19.7 Å². The quantitative estimate of drug-likeness (QED) is 0.470. The smallest absolute Gasteiger partial charge is 0.252 e. The number of halogens is 1. The first kappa shape index (κ1) is 26.0. The van der Waals surface area contributed by atoms with Crippen molar-refractivity contribution >= 4 is 29.4 Å². The van der Waals surface area contributed by atoms with Gasteiger partial charge in [-0.05, 0) is 66.6 Å². The van der Waals surface area contributed by atoms with E-state index in [1.54, 1.807) is 55.4 Å². The predicted octanol–water partition coefficient (Wildman–Crippen LogP) is 2.99. The molecule has 0 radical (unpaired) electrons. The Morgan fingerprint density at radius 3 is 2.59 bits per heavy atom. The Bertz CT molecular complexity index is 1340. The lowest BCUT2D eigenvalue weighted by atomic mass is 9.80. The molecule has 0 unspecified atom stereocenters. The minimum absolute atomic E-state index is 0.0132. The summed E-state index contributed by atoms with van der Waals surface area (Å²) in [5.74, 6) is -1.82. The SMILES string of the molecule is CC[C@@H](CC(=O)N1C(=O)[C@H](Cc2ccnc(N)c2)[C@H]1C(=O)N(C)c1ccnn1C)c1cc(F)ccc1C. The number of hydrogen-bond donors (Lipinski definition) is 1. The number of β-lactam (4-membered cyclic amide) rings is 1. The van der Waals surface area contributed by atoms with Gasteiger partial charge in [0.1, 0.15) is 23.5 Å². The number of pyridine rings is 1. The molecule has 0 aliphatic carbocycles. The van der Waals surface area contributed by atoms with Crippen LogP contribution in [0.4, 0.5) is 16.0 Å². The number of nitrogen functional groups attached to an aromatic ring is 1. The van der Waals surface area contributed by atoms with Crippen molar-refractivity contribution in [2.45, 2.75) is 45.1 Å². The predicted molar refractivity (Wildman–Crippen MR) is 137 cm³/mol. The van der Waals surface area contributed by atoms with Crippen LogP contribution in [0.25, 0.3) is 0 Å². The second kappa shape index (κ2) is 10.5. The lowest BCUT2D eigenvalue weighted by molar-refractivity contribution is -0.170. The van der Waals surface area contributed by atoms with Crippen molar-refractivity contribution < 1.29 is 18.8 Å². The number of likely N-dealkylation sites (tertiary alicyclic amines) is 1. The summed E-state index contributed by atoms with van der Waals surface area (Å²) in [6, 6.07) is 8.59.